The van der Waals surface area contributed by atoms with Crippen LogP contribution in [0.1, 0.15) is 17.5 Å². The third-order valence-electron chi connectivity index (χ3n) is 5.57. The Balaban J connectivity index is 1.62. The predicted molar refractivity (Wildman–Crippen MR) is 116 cm³/mol. The Morgan fingerprint density at radius 1 is 1.06 bits per heavy atom. The number of imidazole rings is 1. The van der Waals surface area contributed by atoms with E-state index >= 15 is 0 Å². The maximum Gasteiger partial charge on any atom is 0.159 e. The zero-order chi connectivity index (χ0) is 21.5. The minimum absolute atomic E-state index is 0.0800. The number of halogens is 2. The van der Waals surface area contributed by atoms with E-state index in [0.717, 1.165) is 46.5 Å². The van der Waals surface area contributed by atoms with Crippen LogP contribution < -0.4 is 5.73 Å². The SMILES string of the molecule is Cc1c(CCCN)cncc1-c1ccc2[nH]nc(-c3nc4c(F)cc(F)cc4[nH]3)c2c1. The van der Waals surface area contributed by atoms with Gasteiger partial charge in [0.25, 0.3) is 0 Å². The molecule has 0 aliphatic rings. The summed E-state index contributed by atoms with van der Waals surface area (Å²) < 4.78 is 27.7. The Kier molecular flexibility index (Phi) is 4.71. The monoisotopic (exact) mass is 418 g/mol. The molecule has 8 heteroatoms. The average molecular weight is 418 g/mol. The number of fused-ring (bicyclic) bond motifs is 2. The third-order valence-corrected chi connectivity index (χ3v) is 5.57. The molecule has 0 fully saturated rings. The number of nitrogens with two attached hydrogens (primary N) is 1. The van der Waals surface area contributed by atoms with Crippen molar-refractivity contribution in [2.45, 2.75) is 19.8 Å². The highest BCUT2D eigenvalue weighted by atomic mass is 19.1. The minimum Gasteiger partial charge on any atom is -0.336 e. The number of hydrogen-bond donors (Lipinski definition) is 3. The van der Waals surface area contributed by atoms with Gasteiger partial charge in [-0.3, -0.25) is 10.1 Å². The van der Waals surface area contributed by atoms with E-state index in [1.54, 1.807) is 0 Å². The van der Waals surface area contributed by atoms with Gasteiger partial charge < -0.3 is 10.7 Å². The Bertz CT molecular complexity index is 1420. The summed E-state index contributed by atoms with van der Waals surface area (Å²) in [5.41, 5.74) is 11.7. The maximum atomic E-state index is 14.1. The van der Waals surface area contributed by atoms with Crippen molar-refractivity contribution in [1.82, 2.24) is 25.1 Å². The average Bonchev–Trinajstić information content (AvgIpc) is 3.36. The quantitative estimate of drug-likeness (QED) is 0.387. The maximum absolute atomic E-state index is 14.1. The largest absolute Gasteiger partial charge is 0.336 e. The zero-order valence-corrected chi connectivity index (χ0v) is 16.8. The van der Waals surface area contributed by atoms with E-state index in [2.05, 4.69) is 32.1 Å². The van der Waals surface area contributed by atoms with Crippen LogP contribution in [0, 0.1) is 18.6 Å². The summed E-state index contributed by atoms with van der Waals surface area (Å²) >= 11 is 0. The molecule has 5 aromatic rings. The van der Waals surface area contributed by atoms with E-state index in [-0.39, 0.29) is 11.0 Å². The van der Waals surface area contributed by atoms with Crippen molar-refractivity contribution in [3.63, 3.8) is 0 Å². The summed E-state index contributed by atoms with van der Waals surface area (Å²) in [7, 11) is 0. The van der Waals surface area contributed by atoms with E-state index in [0.29, 0.717) is 18.1 Å². The number of benzene rings is 2. The number of nitrogens with one attached hydrogen (secondary N) is 2. The molecule has 0 unspecified atom stereocenters. The van der Waals surface area contributed by atoms with Gasteiger partial charge in [0, 0.05) is 29.4 Å². The second kappa shape index (κ2) is 7.55. The van der Waals surface area contributed by atoms with Crippen LogP contribution in [0.25, 0.3) is 44.6 Å². The van der Waals surface area contributed by atoms with Gasteiger partial charge >= 0.3 is 0 Å². The number of pyridine rings is 1. The molecule has 3 aromatic heterocycles. The molecule has 0 spiro atoms. The molecule has 2 aromatic carbocycles. The number of aromatic nitrogens is 5. The molecule has 0 atom stereocenters. The van der Waals surface area contributed by atoms with Crippen LogP contribution in [0.5, 0.6) is 0 Å². The number of nitrogens with zero attached hydrogens (tertiary/aromatic N) is 3. The Morgan fingerprint density at radius 2 is 1.94 bits per heavy atom. The lowest BCUT2D eigenvalue weighted by Crippen LogP contribution is -2.02. The van der Waals surface area contributed by atoms with Crippen molar-refractivity contribution in [1.29, 1.82) is 0 Å². The summed E-state index contributed by atoms with van der Waals surface area (Å²) in [6.07, 6.45) is 5.52. The molecule has 6 nitrogen and oxygen atoms in total. The molecular formula is C23H20F2N6. The van der Waals surface area contributed by atoms with Gasteiger partial charge in [-0.15, -0.1) is 0 Å². The number of aryl methyl sites for hydroxylation is 1. The molecule has 3 heterocycles. The molecule has 0 radical (unpaired) electrons. The standard InChI is InChI=1S/C23H20F2N6/c1-12-14(3-2-6-26)10-27-11-17(12)13-4-5-19-16(7-13)21(31-30-19)23-28-20-9-15(24)8-18(25)22(20)29-23/h4-5,7-11H,2-3,6,26H2,1H3,(H,28,29)(H,30,31). The van der Waals surface area contributed by atoms with E-state index in [1.807, 2.05) is 30.6 Å². The van der Waals surface area contributed by atoms with Crippen LogP contribution in [0.3, 0.4) is 0 Å². The fourth-order valence-corrected chi connectivity index (χ4v) is 3.92. The van der Waals surface area contributed by atoms with Crippen LogP contribution in [0.4, 0.5) is 8.78 Å². The van der Waals surface area contributed by atoms with Gasteiger partial charge in [0.05, 0.1) is 11.0 Å². The molecule has 0 saturated carbocycles. The lowest BCUT2D eigenvalue weighted by Gasteiger charge is -2.11. The number of H-pyrrole nitrogens is 2. The molecule has 5 rings (SSSR count). The first kappa shape index (κ1) is 19.3. The normalized spacial score (nSPS) is 11.6. The Hall–Kier alpha value is -3.65. The molecule has 0 aliphatic heterocycles. The van der Waals surface area contributed by atoms with Crippen molar-refractivity contribution in [3.8, 4) is 22.6 Å². The number of rotatable bonds is 5. The van der Waals surface area contributed by atoms with Gasteiger partial charge in [-0.05, 0) is 61.2 Å². The van der Waals surface area contributed by atoms with Gasteiger partial charge in [-0.1, -0.05) is 6.07 Å². The Morgan fingerprint density at radius 3 is 2.77 bits per heavy atom. The summed E-state index contributed by atoms with van der Waals surface area (Å²) in [6, 6.07) is 8.00. The fraction of sp³-hybridized carbons (Fsp3) is 0.174. The molecule has 4 N–H and O–H groups in total. The van der Waals surface area contributed by atoms with Crippen LogP contribution in [-0.2, 0) is 6.42 Å². The molecular weight excluding hydrogens is 398 g/mol. The fourth-order valence-electron chi connectivity index (χ4n) is 3.92. The Labute approximate surface area is 176 Å². The van der Waals surface area contributed by atoms with Gasteiger partial charge in [0.15, 0.2) is 11.6 Å². The number of hydrogen-bond acceptors (Lipinski definition) is 4. The van der Waals surface area contributed by atoms with Gasteiger partial charge in [0.2, 0.25) is 0 Å². The number of aromatic amines is 2. The second-order valence-corrected chi connectivity index (χ2v) is 7.57. The first-order chi connectivity index (χ1) is 15.0. The summed E-state index contributed by atoms with van der Waals surface area (Å²) in [5, 5.41) is 8.17. The lowest BCUT2D eigenvalue weighted by molar-refractivity contribution is 0.590. The first-order valence-electron chi connectivity index (χ1n) is 10.0. The van der Waals surface area contributed by atoms with Gasteiger partial charge in [0.1, 0.15) is 17.0 Å². The summed E-state index contributed by atoms with van der Waals surface area (Å²) in [6.45, 7) is 2.72. The lowest BCUT2D eigenvalue weighted by atomic mass is 9.96. The molecule has 31 heavy (non-hydrogen) atoms. The highest BCUT2D eigenvalue weighted by molar-refractivity contribution is 5.96. The van der Waals surface area contributed by atoms with Crippen molar-refractivity contribution in [2.75, 3.05) is 6.54 Å². The van der Waals surface area contributed by atoms with Gasteiger partial charge in [-0.25, -0.2) is 13.8 Å². The summed E-state index contributed by atoms with van der Waals surface area (Å²) in [5.74, 6) is -1.00. The van der Waals surface area contributed by atoms with Crippen LogP contribution >= 0.6 is 0 Å². The van der Waals surface area contributed by atoms with Crippen molar-refractivity contribution < 1.29 is 8.78 Å². The predicted octanol–water partition coefficient (Wildman–Crippen LogP) is 4.65. The van der Waals surface area contributed by atoms with Crippen molar-refractivity contribution in [2.24, 2.45) is 5.73 Å². The topological polar surface area (TPSA) is 96.3 Å². The van der Waals surface area contributed by atoms with E-state index in [9.17, 15) is 8.78 Å². The van der Waals surface area contributed by atoms with Crippen LogP contribution in [0.15, 0.2) is 42.7 Å². The zero-order valence-electron chi connectivity index (χ0n) is 16.8. The highest BCUT2D eigenvalue weighted by Crippen LogP contribution is 2.32. The highest BCUT2D eigenvalue weighted by Gasteiger charge is 2.17. The van der Waals surface area contributed by atoms with Crippen molar-refractivity contribution >= 4 is 21.9 Å². The summed E-state index contributed by atoms with van der Waals surface area (Å²) in [4.78, 5) is 11.7. The molecule has 156 valence electrons. The van der Waals surface area contributed by atoms with E-state index < -0.39 is 11.6 Å². The smallest absolute Gasteiger partial charge is 0.159 e. The third kappa shape index (κ3) is 3.34. The second-order valence-electron chi connectivity index (χ2n) is 7.57. The van der Waals surface area contributed by atoms with Crippen molar-refractivity contribution in [3.05, 3.63) is 65.5 Å². The minimum atomic E-state index is -0.714. The van der Waals surface area contributed by atoms with E-state index in [4.69, 9.17) is 5.73 Å². The molecule has 0 saturated heterocycles. The van der Waals surface area contributed by atoms with E-state index in [1.165, 1.54) is 11.6 Å². The molecule has 0 bridgehead atoms. The van der Waals surface area contributed by atoms with Crippen LogP contribution in [0.2, 0.25) is 0 Å². The van der Waals surface area contributed by atoms with Gasteiger partial charge in [-0.2, -0.15) is 5.10 Å². The molecule has 0 amide bonds. The van der Waals surface area contributed by atoms with Crippen LogP contribution in [-0.4, -0.2) is 31.7 Å². The first-order valence-corrected chi connectivity index (χ1v) is 10.0. The molecule has 0 aliphatic carbocycles.